The molecule has 0 heterocycles. The summed E-state index contributed by atoms with van der Waals surface area (Å²) in [6.07, 6.45) is 1.08. The molecule has 0 aliphatic carbocycles. The van der Waals surface area contributed by atoms with E-state index in [4.69, 9.17) is 0 Å². The molecule has 10 heavy (non-hydrogen) atoms. The minimum absolute atomic E-state index is 0.915. The van der Waals surface area contributed by atoms with Crippen LogP contribution in [-0.2, 0) is 0 Å². The van der Waals surface area contributed by atoms with Crippen molar-refractivity contribution in [2.45, 2.75) is 27.2 Å². The maximum atomic E-state index is 4.27. The number of nitrogens with zero attached hydrogens (tertiary/aromatic N) is 1. The Morgan fingerprint density at radius 1 is 1.40 bits per heavy atom. The Balaban J connectivity index is 3.21. The Hall–Kier alpha value is -0.370. The second-order valence-electron chi connectivity index (χ2n) is 2.31. The molecule has 0 aromatic rings. The van der Waals surface area contributed by atoms with Gasteiger partial charge in [-0.15, -0.1) is 0 Å². The summed E-state index contributed by atoms with van der Waals surface area (Å²) < 4.78 is 0. The van der Waals surface area contributed by atoms with Crippen LogP contribution in [0.5, 0.6) is 0 Å². The molecule has 0 radical (unpaired) electrons. The van der Waals surface area contributed by atoms with Gasteiger partial charge >= 0.3 is 0 Å². The molecule has 0 saturated carbocycles. The maximum Gasteiger partial charge on any atom is 0.0360 e. The summed E-state index contributed by atoms with van der Waals surface area (Å²) in [5.74, 6) is 0. The van der Waals surface area contributed by atoms with E-state index in [2.05, 4.69) is 31.1 Å². The molecule has 2 nitrogen and oxygen atoms in total. The highest BCUT2D eigenvalue weighted by Crippen LogP contribution is 1.83. The topological polar surface area (TPSA) is 24.4 Å². The van der Waals surface area contributed by atoms with Crippen molar-refractivity contribution < 1.29 is 0 Å². The van der Waals surface area contributed by atoms with E-state index in [1.165, 1.54) is 5.71 Å². The summed E-state index contributed by atoms with van der Waals surface area (Å²) in [5, 5.41) is 3.26. The summed E-state index contributed by atoms with van der Waals surface area (Å²) in [7, 11) is 0. The van der Waals surface area contributed by atoms with Gasteiger partial charge in [-0.1, -0.05) is 6.92 Å². The van der Waals surface area contributed by atoms with Crippen LogP contribution < -0.4 is 5.32 Å². The van der Waals surface area contributed by atoms with Gasteiger partial charge < -0.3 is 5.32 Å². The molecule has 0 bridgehead atoms. The van der Waals surface area contributed by atoms with E-state index in [1.807, 2.05) is 0 Å². The lowest BCUT2D eigenvalue weighted by molar-refractivity contribution is 0.735. The standard InChI is InChI=1S/C8H18N2/c1-4-9-7-6-8(3)10-5-2/h9H,4-7H2,1-3H3. The molecule has 0 aromatic heterocycles. The third kappa shape index (κ3) is 5.76. The van der Waals surface area contributed by atoms with Gasteiger partial charge in [-0.3, -0.25) is 4.99 Å². The van der Waals surface area contributed by atoms with Gasteiger partial charge in [0.2, 0.25) is 0 Å². The lowest BCUT2D eigenvalue weighted by Crippen LogP contribution is -2.16. The van der Waals surface area contributed by atoms with Crippen LogP contribution in [0, 0.1) is 0 Å². The first-order valence-corrected chi connectivity index (χ1v) is 4.01. The molecule has 2 heteroatoms. The normalized spacial score (nSPS) is 12.1. The molecule has 1 N–H and O–H groups in total. The minimum atomic E-state index is 0.915. The van der Waals surface area contributed by atoms with E-state index in [-0.39, 0.29) is 0 Å². The van der Waals surface area contributed by atoms with Crippen molar-refractivity contribution in [3.63, 3.8) is 0 Å². The van der Waals surface area contributed by atoms with Crippen LogP contribution in [0.1, 0.15) is 27.2 Å². The molecule has 0 unspecified atom stereocenters. The van der Waals surface area contributed by atoms with Crippen molar-refractivity contribution in [1.82, 2.24) is 5.32 Å². The van der Waals surface area contributed by atoms with Crippen LogP contribution in [-0.4, -0.2) is 25.3 Å². The quantitative estimate of drug-likeness (QED) is 0.456. The summed E-state index contributed by atoms with van der Waals surface area (Å²) in [6.45, 7) is 9.30. The van der Waals surface area contributed by atoms with E-state index >= 15 is 0 Å². The highest BCUT2D eigenvalue weighted by Gasteiger charge is 1.88. The molecule has 0 saturated heterocycles. The highest BCUT2D eigenvalue weighted by atomic mass is 14.8. The van der Waals surface area contributed by atoms with Crippen LogP contribution in [0.2, 0.25) is 0 Å². The van der Waals surface area contributed by atoms with Gasteiger partial charge in [0, 0.05) is 18.8 Å². The van der Waals surface area contributed by atoms with Crippen LogP contribution >= 0.6 is 0 Å². The largest absolute Gasteiger partial charge is 0.317 e. The number of aliphatic imine (C=N–C) groups is 1. The summed E-state index contributed by atoms with van der Waals surface area (Å²) in [4.78, 5) is 4.27. The van der Waals surface area contributed by atoms with E-state index < -0.39 is 0 Å². The van der Waals surface area contributed by atoms with Crippen molar-refractivity contribution >= 4 is 5.71 Å². The lowest BCUT2D eigenvalue weighted by Gasteiger charge is -1.99. The highest BCUT2D eigenvalue weighted by molar-refractivity contribution is 5.81. The first-order valence-electron chi connectivity index (χ1n) is 4.01. The molecule has 0 amide bonds. The molecule has 0 aliphatic rings. The Kier molecular flexibility index (Phi) is 6.50. The van der Waals surface area contributed by atoms with Crippen LogP contribution in [0.25, 0.3) is 0 Å². The number of hydrogen-bond acceptors (Lipinski definition) is 2. The molecule has 0 spiro atoms. The molecule has 0 rings (SSSR count). The smallest absolute Gasteiger partial charge is 0.0360 e. The Morgan fingerprint density at radius 3 is 2.60 bits per heavy atom. The molecular weight excluding hydrogens is 124 g/mol. The second-order valence-corrected chi connectivity index (χ2v) is 2.31. The summed E-state index contributed by atoms with van der Waals surface area (Å²) in [5.41, 5.74) is 1.25. The van der Waals surface area contributed by atoms with Crippen LogP contribution in [0.4, 0.5) is 0 Å². The van der Waals surface area contributed by atoms with E-state index in [1.54, 1.807) is 0 Å². The number of rotatable bonds is 5. The SMILES string of the molecule is CCN=C(C)CCNCC. The van der Waals surface area contributed by atoms with Crippen molar-refractivity contribution in [2.75, 3.05) is 19.6 Å². The van der Waals surface area contributed by atoms with Gasteiger partial charge in [0.25, 0.3) is 0 Å². The Labute approximate surface area is 63.7 Å². The Morgan fingerprint density at radius 2 is 2.10 bits per heavy atom. The number of nitrogens with one attached hydrogen (secondary N) is 1. The molecule has 0 atom stereocenters. The first-order chi connectivity index (χ1) is 4.81. The zero-order chi connectivity index (χ0) is 7.82. The van der Waals surface area contributed by atoms with E-state index in [0.717, 1.165) is 26.1 Å². The van der Waals surface area contributed by atoms with E-state index in [9.17, 15) is 0 Å². The average molecular weight is 142 g/mol. The monoisotopic (exact) mass is 142 g/mol. The first kappa shape index (κ1) is 9.63. The minimum Gasteiger partial charge on any atom is -0.317 e. The third-order valence-corrected chi connectivity index (χ3v) is 1.34. The molecule has 0 fully saturated rings. The van der Waals surface area contributed by atoms with Gasteiger partial charge in [0.15, 0.2) is 0 Å². The molecular formula is C8H18N2. The fraction of sp³-hybridized carbons (Fsp3) is 0.875. The second kappa shape index (κ2) is 6.75. The fourth-order valence-corrected chi connectivity index (χ4v) is 0.795. The molecule has 0 aromatic carbocycles. The average Bonchev–Trinajstić information content (AvgIpc) is 1.89. The zero-order valence-corrected chi connectivity index (χ0v) is 7.28. The zero-order valence-electron chi connectivity index (χ0n) is 7.28. The predicted octanol–water partition coefficient (Wildman–Crippen LogP) is 1.47. The summed E-state index contributed by atoms with van der Waals surface area (Å²) >= 11 is 0. The van der Waals surface area contributed by atoms with Gasteiger partial charge in [0.05, 0.1) is 0 Å². The number of hydrogen-bond donors (Lipinski definition) is 1. The predicted molar refractivity (Wildman–Crippen MR) is 46.8 cm³/mol. The fourth-order valence-electron chi connectivity index (χ4n) is 0.795. The Bertz CT molecular complexity index is 97.4. The van der Waals surface area contributed by atoms with Crippen molar-refractivity contribution in [3.8, 4) is 0 Å². The maximum absolute atomic E-state index is 4.27. The van der Waals surface area contributed by atoms with Gasteiger partial charge in [-0.25, -0.2) is 0 Å². The third-order valence-electron chi connectivity index (χ3n) is 1.34. The van der Waals surface area contributed by atoms with Gasteiger partial charge in [-0.05, 0) is 26.8 Å². The molecule has 60 valence electrons. The van der Waals surface area contributed by atoms with Crippen molar-refractivity contribution in [3.05, 3.63) is 0 Å². The van der Waals surface area contributed by atoms with Crippen LogP contribution in [0.3, 0.4) is 0 Å². The lowest BCUT2D eigenvalue weighted by atomic mass is 10.3. The van der Waals surface area contributed by atoms with Crippen molar-refractivity contribution in [1.29, 1.82) is 0 Å². The van der Waals surface area contributed by atoms with Gasteiger partial charge in [-0.2, -0.15) is 0 Å². The van der Waals surface area contributed by atoms with E-state index in [0.29, 0.717) is 0 Å². The molecule has 0 aliphatic heterocycles. The van der Waals surface area contributed by atoms with Crippen LogP contribution in [0.15, 0.2) is 4.99 Å². The van der Waals surface area contributed by atoms with Gasteiger partial charge in [0.1, 0.15) is 0 Å². The van der Waals surface area contributed by atoms with Crippen molar-refractivity contribution in [2.24, 2.45) is 4.99 Å². The summed E-state index contributed by atoms with van der Waals surface area (Å²) in [6, 6.07) is 0.